The van der Waals surface area contributed by atoms with E-state index < -0.39 is 16.0 Å². The highest BCUT2D eigenvalue weighted by Gasteiger charge is 2.18. The van der Waals surface area contributed by atoms with Crippen LogP contribution in [-0.4, -0.2) is 32.6 Å². The molecule has 0 aliphatic heterocycles. The van der Waals surface area contributed by atoms with Gasteiger partial charge in [-0.2, -0.15) is 0 Å². The van der Waals surface area contributed by atoms with Gasteiger partial charge in [-0.3, -0.25) is 0 Å². The van der Waals surface area contributed by atoms with E-state index >= 15 is 0 Å². The number of carbonyl (C=O) groups is 1. The summed E-state index contributed by atoms with van der Waals surface area (Å²) in [5.41, 5.74) is 1.25. The van der Waals surface area contributed by atoms with Crippen LogP contribution in [0.25, 0.3) is 0 Å². The van der Waals surface area contributed by atoms with Crippen molar-refractivity contribution in [3.63, 3.8) is 0 Å². The summed E-state index contributed by atoms with van der Waals surface area (Å²) in [5.74, 6) is -1.20. The van der Waals surface area contributed by atoms with Crippen LogP contribution in [0.2, 0.25) is 0 Å². The predicted octanol–water partition coefficient (Wildman–Crippen LogP) is 2.50. The molecule has 0 bridgehead atoms. The molecule has 0 unspecified atom stereocenters. The lowest BCUT2D eigenvalue weighted by Gasteiger charge is -2.11. The Kier molecular flexibility index (Phi) is 6.32. The van der Waals surface area contributed by atoms with Crippen LogP contribution in [0.15, 0.2) is 66.1 Å². The van der Waals surface area contributed by atoms with Crippen LogP contribution in [0.4, 0.5) is 5.69 Å². The predicted molar refractivity (Wildman–Crippen MR) is 97.4 cm³/mol. The monoisotopic (exact) mass is 360 g/mol. The lowest BCUT2D eigenvalue weighted by atomic mass is 10.2. The van der Waals surface area contributed by atoms with Gasteiger partial charge in [0.25, 0.3) is 0 Å². The third-order valence-electron chi connectivity index (χ3n) is 3.52. The van der Waals surface area contributed by atoms with Gasteiger partial charge in [0.1, 0.15) is 0 Å². The first-order valence-corrected chi connectivity index (χ1v) is 9.18. The second-order valence-electron chi connectivity index (χ2n) is 5.32. The molecule has 25 heavy (non-hydrogen) atoms. The molecular formula is C18H20N2O4S. The van der Waals surface area contributed by atoms with Crippen LogP contribution in [0.5, 0.6) is 0 Å². The van der Waals surface area contributed by atoms with E-state index in [2.05, 4.69) is 16.6 Å². The number of anilines is 1. The van der Waals surface area contributed by atoms with Crippen molar-refractivity contribution >= 4 is 21.7 Å². The number of rotatable bonds is 9. The molecular weight excluding hydrogens is 340 g/mol. The van der Waals surface area contributed by atoms with Gasteiger partial charge in [0.2, 0.25) is 10.0 Å². The van der Waals surface area contributed by atoms with Crippen molar-refractivity contribution in [2.45, 2.75) is 11.3 Å². The molecule has 0 saturated carbocycles. The Bertz CT molecular complexity index is 849. The van der Waals surface area contributed by atoms with Gasteiger partial charge in [-0.15, -0.1) is 6.58 Å². The molecule has 2 rings (SSSR count). The van der Waals surface area contributed by atoms with Crippen LogP contribution in [0, 0.1) is 0 Å². The lowest BCUT2D eigenvalue weighted by molar-refractivity contribution is 0.0697. The Morgan fingerprint density at radius 2 is 1.88 bits per heavy atom. The third-order valence-corrected chi connectivity index (χ3v) is 4.98. The number of hydrogen-bond donors (Lipinski definition) is 3. The lowest BCUT2D eigenvalue weighted by Crippen LogP contribution is -2.26. The summed E-state index contributed by atoms with van der Waals surface area (Å²) in [6, 6.07) is 13.5. The first-order valence-electron chi connectivity index (χ1n) is 7.70. The highest BCUT2D eigenvalue weighted by molar-refractivity contribution is 7.89. The highest BCUT2D eigenvalue weighted by Crippen LogP contribution is 2.20. The minimum absolute atomic E-state index is 0.0814. The van der Waals surface area contributed by atoms with Gasteiger partial charge in [0.15, 0.2) is 0 Å². The third kappa shape index (κ3) is 5.17. The van der Waals surface area contributed by atoms with Gasteiger partial charge in [0.05, 0.1) is 10.5 Å². The Hall–Kier alpha value is -2.64. The van der Waals surface area contributed by atoms with Crippen LogP contribution >= 0.6 is 0 Å². The van der Waals surface area contributed by atoms with E-state index in [4.69, 9.17) is 0 Å². The average molecular weight is 360 g/mol. The summed E-state index contributed by atoms with van der Waals surface area (Å²) in [6.07, 6.45) is 2.13. The molecule has 2 aromatic rings. The van der Waals surface area contributed by atoms with E-state index in [9.17, 15) is 18.3 Å². The molecule has 132 valence electrons. The maximum absolute atomic E-state index is 12.4. The summed E-state index contributed by atoms with van der Waals surface area (Å²) < 4.78 is 27.3. The molecule has 0 atom stereocenters. The van der Waals surface area contributed by atoms with Gasteiger partial charge < -0.3 is 10.4 Å². The highest BCUT2D eigenvalue weighted by atomic mass is 32.2. The van der Waals surface area contributed by atoms with E-state index in [0.717, 1.165) is 11.6 Å². The number of sulfonamides is 1. The van der Waals surface area contributed by atoms with Crippen molar-refractivity contribution in [1.82, 2.24) is 4.72 Å². The Morgan fingerprint density at radius 1 is 1.16 bits per heavy atom. The summed E-state index contributed by atoms with van der Waals surface area (Å²) in [5, 5.41) is 12.2. The fourth-order valence-electron chi connectivity index (χ4n) is 2.26. The van der Waals surface area contributed by atoms with Crippen LogP contribution in [0.1, 0.15) is 15.9 Å². The van der Waals surface area contributed by atoms with Crippen molar-refractivity contribution in [3.05, 3.63) is 72.3 Å². The largest absolute Gasteiger partial charge is 0.478 e. The molecule has 0 amide bonds. The van der Waals surface area contributed by atoms with Crippen molar-refractivity contribution in [3.8, 4) is 0 Å². The SMILES string of the molecule is C=CCNc1ccc(S(=O)(=O)NCCc2ccccc2)cc1C(=O)O. The second kappa shape index (κ2) is 8.46. The Morgan fingerprint density at radius 3 is 2.52 bits per heavy atom. The quantitative estimate of drug-likeness (QED) is 0.597. The number of aromatic carboxylic acids is 1. The fraction of sp³-hybridized carbons (Fsp3) is 0.167. The zero-order valence-corrected chi connectivity index (χ0v) is 14.4. The summed E-state index contributed by atoms with van der Waals surface area (Å²) in [7, 11) is -3.78. The molecule has 2 aromatic carbocycles. The Balaban J connectivity index is 2.13. The number of carboxylic acid groups (broad SMARTS) is 1. The van der Waals surface area contributed by atoms with E-state index in [0.29, 0.717) is 18.7 Å². The van der Waals surface area contributed by atoms with Gasteiger partial charge in [-0.05, 0) is 30.2 Å². The first-order chi connectivity index (χ1) is 11.9. The first kappa shape index (κ1) is 18.7. The normalized spacial score (nSPS) is 11.0. The van der Waals surface area contributed by atoms with Gasteiger partial charge >= 0.3 is 5.97 Å². The van der Waals surface area contributed by atoms with Crippen molar-refractivity contribution in [2.75, 3.05) is 18.4 Å². The summed E-state index contributed by atoms with van der Waals surface area (Å²) in [6.45, 7) is 4.15. The zero-order valence-electron chi connectivity index (χ0n) is 13.6. The van der Waals surface area contributed by atoms with Gasteiger partial charge in [0, 0.05) is 18.8 Å². The van der Waals surface area contributed by atoms with Crippen LogP contribution in [0.3, 0.4) is 0 Å². The molecule has 0 fully saturated rings. The fourth-order valence-corrected chi connectivity index (χ4v) is 3.32. The van der Waals surface area contributed by atoms with Crippen molar-refractivity contribution in [1.29, 1.82) is 0 Å². The minimum Gasteiger partial charge on any atom is -0.478 e. The van der Waals surface area contributed by atoms with Crippen molar-refractivity contribution in [2.24, 2.45) is 0 Å². The average Bonchev–Trinajstić information content (AvgIpc) is 2.60. The van der Waals surface area contributed by atoms with E-state index in [1.807, 2.05) is 30.3 Å². The molecule has 0 radical (unpaired) electrons. The number of hydrogen-bond acceptors (Lipinski definition) is 4. The maximum atomic E-state index is 12.4. The van der Waals surface area contributed by atoms with Gasteiger partial charge in [-0.25, -0.2) is 17.9 Å². The molecule has 0 saturated heterocycles. The van der Waals surface area contributed by atoms with Gasteiger partial charge in [-0.1, -0.05) is 36.4 Å². The van der Waals surface area contributed by atoms with E-state index in [1.165, 1.54) is 12.1 Å². The molecule has 0 aliphatic rings. The standard InChI is InChI=1S/C18H20N2O4S/c1-2-11-19-17-9-8-15(13-16(17)18(21)22)25(23,24)20-12-10-14-6-4-3-5-7-14/h2-9,13,19-20H,1,10-12H2,(H,21,22). The molecule has 0 aliphatic carbocycles. The second-order valence-corrected chi connectivity index (χ2v) is 7.08. The molecule has 7 heteroatoms. The van der Waals surface area contributed by atoms with E-state index in [1.54, 1.807) is 6.08 Å². The molecule has 0 spiro atoms. The van der Waals surface area contributed by atoms with E-state index in [-0.39, 0.29) is 17.0 Å². The molecule has 0 aromatic heterocycles. The number of nitrogens with one attached hydrogen (secondary N) is 2. The minimum atomic E-state index is -3.78. The summed E-state index contributed by atoms with van der Waals surface area (Å²) in [4.78, 5) is 11.3. The van der Waals surface area contributed by atoms with Crippen LogP contribution < -0.4 is 10.0 Å². The van der Waals surface area contributed by atoms with Crippen molar-refractivity contribution < 1.29 is 18.3 Å². The van der Waals surface area contributed by atoms with Crippen LogP contribution in [-0.2, 0) is 16.4 Å². The topological polar surface area (TPSA) is 95.5 Å². The summed E-state index contributed by atoms with van der Waals surface area (Å²) >= 11 is 0. The number of carboxylic acids is 1. The molecule has 6 nitrogen and oxygen atoms in total. The molecule has 3 N–H and O–H groups in total. The zero-order chi connectivity index (χ0) is 18.3. The maximum Gasteiger partial charge on any atom is 0.337 e. The smallest absolute Gasteiger partial charge is 0.337 e. The molecule has 0 heterocycles. The number of benzene rings is 2. The Labute approximate surface area is 147 Å².